The highest BCUT2D eigenvalue weighted by Crippen LogP contribution is 2.31. The van der Waals surface area contributed by atoms with E-state index in [1.165, 1.54) is 24.3 Å². The molecule has 176 valence electrons. The second-order valence-corrected chi connectivity index (χ2v) is 13.4. The lowest BCUT2D eigenvalue weighted by atomic mass is 9.92. The highest BCUT2D eigenvalue weighted by molar-refractivity contribution is 7.91. The molecule has 9 nitrogen and oxygen atoms in total. The van der Waals surface area contributed by atoms with Crippen molar-refractivity contribution in [2.24, 2.45) is 0 Å². The zero-order chi connectivity index (χ0) is 23.9. The van der Waals surface area contributed by atoms with Crippen LogP contribution in [0.1, 0.15) is 63.1 Å². The molecule has 0 spiro atoms. The minimum Gasteiger partial charge on any atom is -0.307 e. The van der Waals surface area contributed by atoms with Gasteiger partial charge in [0, 0.05) is 23.1 Å². The molecule has 1 aromatic heterocycles. The van der Waals surface area contributed by atoms with Gasteiger partial charge in [-0.25, -0.2) is 26.2 Å². The van der Waals surface area contributed by atoms with E-state index in [1.807, 2.05) is 20.8 Å². The van der Waals surface area contributed by atoms with Gasteiger partial charge in [-0.3, -0.25) is 4.79 Å². The molecular weight excluding hydrogens is 452 g/mol. The Morgan fingerprint density at radius 3 is 2.47 bits per heavy atom. The van der Waals surface area contributed by atoms with Crippen LogP contribution in [0, 0.1) is 0 Å². The summed E-state index contributed by atoms with van der Waals surface area (Å²) >= 11 is 0. The fourth-order valence-electron chi connectivity index (χ4n) is 3.47. The fraction of sp³-hybridized carbons (Fsp3) is 0.524. The molecule has 1 atom stereocenters. The van der Waals surface area contributed by atoms with Gasteiger partial charge in [0.1, 0.15) is 5.82 Å². The van der Waals surface area contributed by atoms with Gasteiger partial charge in [-0.15, -0.1) is 0 Å². The second-order valence-electron chi connectivity index (χ2n) is 9.42. The van der Waals surface area contributed by atoms with E-state index in [9.17, 15) is 21.6 Å². The van der Waals surface area contributed by atoms with Crippen LogP contribution in [0.2, 0.25) is 0 Å². The summed E-state index contributed by atoms with van der Waals surface area (Å²) in [5, 5.41) is 7.39. The van der Waals surface area contributed by atoms with E-state index >= 15 is 0 Å². The number of hydrogen-bond donors (Lipinski definition) is 2. The van der Waals surface area contributed by atoms with Crippen molar-refractivity contribution in [1.29, 1.82) is 0 Å². The zero-order valence-electron chi connectivity index (χ0n) is 18.9. The van der Waals surface area contributed by atoms with Gasteiger partial charge in [0.25, 0.3) is 5.91 Å². The molecule has 0 radical (unpaired) electrons. The Bertz CT molecular complexity index is 1230. The highest BCUT2D eigenvalue weighted by Gasteiger charge is 2.33. The summed E-state index contributed by atoms with van der Waals surface area (Å²) < 4.78 is 53.0. The number of rotatable bonds is 6. The van der Waals surface area contributed by atoms with Gasteiger partial charge in [-0.2, -0.15) is 5.10 Å². The fourth-order valence-corrected chi connectivity index (χ4v) is 6.46. The third-order valence-electron chi connectivity index (χ3n) is 5.10. The van der Waals surface area contributed by atoms with Crippen LogP contribution in [0.5, 0.6) is 0 Å². The minimum atomic E-state index is -3.75. The van der Waals surface area contributed by atoms with Gasteiger partial charge in [0.05, 0.1) is 28.1 Å². The van der Waals surface area contributed by atoms with E-state index < -0.39 is 25.8 Å². The predicted octanol–water partition coefficient (Wildman–Crippen LogP) is 2.48. The van der Waals surface area contributed by atoms with Crippen LogP contribution in [0.25, 0.3) is 0 Å². The smallest absolute Gasteiger partial charge is 0.256 e. The number of anilines is 1. The molecule has 0 aliphatic carbocycles. The summed E-state index contributed by atoms with van der Waals surface area (Å²) in [6, 6.07) is 6.85. The van der Waals surface area contributed by atoms with E-state index in [1.54, 1.807) is 24.6 Å². The summed E-state index contributed by atoms with van der Waals surface area (Å²) in [5.74, 6) is -0.0708. The molecule has 1 aliphatic rings. The van der Waals surface area contributed by atoms with Crippen molar-refractivity contribution in [1.82, 2.24) is 14.5 Å². The number of sulfonamides is 1. The quantitative estimate of drug-likeness (QED) is 0.651. The number of carbonyl (C=O) groups is 1. The number of aromatic nitrogens is 2. The van der Waals surface area contributed by atoms with Crippen LogP contribution >= 0.6 is 0 Å². The SMILES string of the molecule is CC(C)NS(=O)(=O)c1cccc(C(=O)Nc2cc(C(C)(C)C)nn2C2CCS(=O)(=O)C2)c1. The number of sulfone groups is 1. The first-order valence-electron chi connectivity index (χ1n) is 10.4. The van der Waals surface area contributed by atoms with E-state index in [0.717, 1.165) is 5.69 Å². The van der Waals surface area contributed by atoms with Crippen molar-refractivity contribution in [2.75, 3.05) is 16.8 Å². The second kappa shape index (κ2) is 8.60. The van der Waals surface area contributed by atoms with Gasteiger partial charge in [-0.05, 0) is 38.5 Å². The maximum absolute atomic E-state index is 13.0. The van der Waals surface area contributed by atoms with E-state index in [2.05, 4.69) is 15.1 Å². The minimum absolute atomic E-state index is 0.00961. The monoisotopic (exact) mass is 482 g/mol. The van der Waals surface area contributed by atoms with E-state index in [-0.39, 0.29) is 39.5 Å². The van der Waals surface area contributed by atoms with Crippen LogP contribution in [0.15, 0.2) is 35.2 Å². The lowest BCUT2D eigenvalue weighted by Gasteiger charge is -2.16. The van der Waals surface area contributed by atoms with Crippen molar-refractivity contribution >= 4 is 31.6 Å². The molecule has 1 amide bonds. The number of nitrogens with zero attached hydrogens (tertiary/aromatic N) is 2. The molecule has 1 aromatic carbocycles. The van der Waals surface area contributed by atoms with Crippen LogP contribution in [-0.2, 0) is 25.3 Å². The first kappa shape index (κ1) is 24.4. The maximum Gasteiger partial charge on any atom is 0.256 e. The van der Waals surface area contributed by atoms with Crippen molar-refractivity contribution in [3.05, 3.63) is 41.6 Å². The third-order valence-corrected chi connectivity index (χ3v) is 8.50. The van der Waals surface area contributed by atoms with Crippen molar-refractivity contribution < 1.29 is 21.6 Å². The van der Waals surface area contributed by atoms with Gasteiger partial charge in [-0.1, -0.05) is 26.8 Å². The molecule has 2 N–H and O–H groups in total. The van der Waals surface area contributed by atoms with E-state index in [0.29, 0.717) is 12.2 Å². The Morgan fingerprint density at radius 1 is 1.22 bits per heavy atom. The topological polar surface area (TPSA) is 127 Å². The van der Waals surface area contributed by atoms with Crippen LogP contribution in [-0.4, -0.2) is 50.1 Å². The lowest BCUT2D eigenvalue weighted by molar-refractivity contribution is 0.102. The molecule has 2 aromatic rings. The summed E-state index contributed by atoms with van der Waals surface area (Å²) in [6.45, 7) is 9.36. The maximum atomic E-state index is 13.0. The molecule has 0 bridgehead atoms. The number of benzene rings is 1. The molecule has 1 saturated heterocycles. The lowest BCUT2D eigenvalue weighted by Crippen LogP contribution is -2.30. The largest absolute Gasteiger partial charge is 0.307 e. The molecule has 1 aliphatic heterocycles. The van der Waals surface area contributed by atoms with Gasteiger partial charge < -0.3 is 5.32 Å². The molecule has 3 rings (SSSR count). The van der Waals surface area contributed by atoms with Crippen molar-refractivity contribution in [3.8, 4) is 0 Å². The summed E-state index contributed by atoms with van der Waals surface area (Å²) in [7, 11) is -6.90. The summed E-state index contributed by atoms with van der Waals surface area (Å²) in [5.41, 5.74) is 0.578. The number of hydrogen-bond acceptors (Lipinski definition) is 6. The molecule has 2 heterocycles. The van der Waals surface area contributed by atoms with Crippen LogP contribution in [0.3, 0.4) is 0 Å². The normalized spacial score (nSPS) is 18.8. The standard InChI is InChI=1S/C21H30N4O5S2/c1-14(2)24-32(29,30)17-8-6-7-15(11-17)20(26)22-19-12-18(21(3,4)5)23-25(19)16-9-10-31(27,28)13-16/h6-8,11-12,14,16,24H,9-10,13H2,1-5H3,(H,22,26). The Balaban J connectivity index is 1.93. The Labute approximate surface area is 189 Å². The van der Waals surface area contributed by atoms with Crippen LogP contribution in [0.4, 0.5) is 5.82 Å². The molecule has 11 heteroatoms. The number of nitrogens with one attached hydrogen (secondary N) is 2. The number of carbonyl (C=O) groups excluding carboxylic acids is 1. The average molecular weight is 483 g/mol. The highest BCUT2D eigenvalue weighted by atomic mass is 32.2. The summed E-state index contributed by atoms with van der Waals surface area (Å²) in [4.78, 5) is 13.0. The van der Waals surface area contributed by atoms with Crippen molar-refractivity contribution in [3.63, 3.8) is 0 Å². The third kappa shape index (κ3) is 5.57. The zero-order valence-corrected chi connectivity index (χ0v) is 20.5. The molecule has 1 fully saturated rings. The summed E-state index contributed by atoms with van der Waals surface area (Å²) in [6.07, 6.45) is 0.422. The molecule has 1 unspecified atom stereocenters. The van der Waals surface area contributed by atoms with Gasteiger partial charge in [0.2, 0.25) is 10.0 Å². The molecule has 32 heavy (non-hydrogen) atoms. The molecule has 0 saturated carbocycles. The average Bonchev–Trinajstić information content (AvgIpc) is 3.23. The van der Waals surface area contributed by atoms with Crippen molar-refractivity contribution in [2.45, 2.75) is 63.4 Å². The van der Waals surface area contributed by atoms with Crippen LogP contribution < -0.4 is 10.0 Å². The van der Waals surface area contributed by atoms with Gasteiger partial charge >= 0.3 is 0 Å². The first-order valence-corrected chi connectivity index (χ1v) is 13.7. The first-order chi connectivity index (χ1) is 14.7. The Morgan fingerprint density at radius 2 is 1.91 bits per heavy atom. The predicted molar refractivity (Wildman–Crippen MR) is 123 cm³/mol. The number of amides is 1. The van der Waals surface area contributed by atoms with E-state index in [4.69, 9.17) is 0 Å². The van der Waals surface area contributed by atoms with Gasteiger partial charge in [0.15, 0.2) is 9.84 Å². The molecular formula is C21H30N4O5S2. The Kier molecular flexibility index (Phi) is 6.56. The Hall–Kier alpha value is -2.24.